The van der Waals surface area contributed by atoms with Crippen LogP contribution in [-0.4, -0.2) is 0 Å². The van der Waals surface area contributed by atoms with Crippen LogP contribution < -0.4 is 5.73 Å². The maximum atomic E-state index is 13.5. The quantitative estimate of drug-likeness (QED) is 0.877. The smallest absolute Gasteiger partial charge is 0.127 e. The third-order valence-corrected chi connectivity index (χ3v) is 3.57. The number of hydrogen-bond donors (Lipinski definition) is 1. The standard InChI is InChI=1S/C17H20FN/c1-3-12-5-6-14(9-13(12)4-2)15-7-8-17(18)16(10-15)11-19/h5-10H,3-4,11,19H2,1-2H3. The van der Waals surface area contributed by atoms with Crippen LogP contribution in [0, 0.1) is 5.82 Å². The van der Waals surface area contributed by atoms with Gasteiger partial charge < -0.3 is 5.73 Å². The zero-order valence-electron chi connectivity index (χ0n) is 11.5. The molecule has 2 heteroatoms. The van der Waals surface area contributed by atoms with Gasteiger partial charge in [0.05, 0.1) is 0 Å². The maximum absolute atomic E-state index is 13.5. The van der Waals surface area contributed by atoms with Crippen molar-refractivity contribution in [1.82, 2.24) is 0 Å². The van der Waals surface area contributed by atoms with Crippen LogP contribution in [0.5, 0.6) is 0 Å². The first-order valence-corrected chi connectivity index (χ1v) is 6.80. The maximum Gasteiger partial charge on any atom is 0.127 e. The molecule has 2 aromatic rings. The number of benzene rings is 2. The zero-order valence-corrected chi connectivity index (χ0v) is 11.5. The van der Waals surface area contributed by atoms with Crippen LogP contribution in [0.4, 0.5) is 4.39 Å². The van der Waals surface area contributed by atoms with Crippen LogP contribution in [0.25, 0.3) is 11.1 Å². The Labute approximate surface area is 114 Å². The highest BCUT2D eigenvalue weighted by Gasteiger charge is 2.06. The van der Waals surface area contributed by atoms with Gasteiger partial charge >= 0.3 is 0 Å². The van der Waals surface area contributed by atoms with E-state index in [0.717, 1.165) is 24.0 Å². The largest absolute Gasteiger partial charge is 0.326 e. The fourth-order valence-electron chi connectivity index (χ4n) is 2.39. The van der Waals surface area contributed by atoms with E-state index in [1.807, 2.05) is 12.1 Å². The lowest BCUT2D eigenvalue weighted by molar-refractivity contribution is 0.611. The molecule has 0 aliphatic carbocycles. The van der Waals surface area contributed by atoms with Crippen molar-refractivity contribution in [1.29, 1.82) is 0 Å². The summed E-state index contributed by atoms with van der Waals surface area (Å²) in [4.78, 5) is 0. The fraction of sp³-hybridized carbons (Fsp3) is 0.294. The van der Waals surface area contributed by atoms with E-state index < -0.39 is 0 Å². The summed E-state index contributed by atoms with van der Waals surface area (Å²) in [7, 11) is 0. The minimum atomic E-state index is -0.229. The van der Waals surface area contributed by atoms with E-state index >= 15 is 0 Å². The third-order valence-electron chi connectivity index (χ3n) is 3.57. The summed E-state index contributed by atoms with van der Waals surface area (Å²) in [6.45, 7) is 4.56. The first kappa shape index (κ1) is 13.8. The Morgan fingerprint density at radius 3 is 2.00 bits per heavy atom. The Kier molecular flexibility index (Phi) is 4.33. The molecule has 0 unspecified atom stereocenters. The van der Waals surface area contributed by atoms with Crippen LogP contribution in [0.2, 0.25) is 0 Å². The summed E-state index contributed by atoms with van der Waals surface area (Å²) in [5.41, 5.74) is 11.0. The summed E-state index contributed by atoms with van der Waals surface area (Å²) in [5.74, 6) is -0.229. The van der Waals surface area contributed by atoms with Crippen molar-refractivity contribution in [2.24, 2.45) is 5.73 Å². The molecule has 0 heterocycles. The molecule has 0 atom stereocenters. The van der Waals surface area contributed by atoms with Gasteiger partial charge in [0.2, 0.25) is 0 Å². The fourth-order valence-corrected chi connectivity index (χ4v) is 2.39. The van der Waals surface area contributed by atoms with Gasteiger partial charge in [-0.2, -0.15) is 0 Å². The summed E-state index contributed by atoms with van der Waals surface area (Å²) < 4.78 is 13.5. The molecular weight excluding hydrogens is 237 g/mol. The summed E-state index contributed by atoms with van der Waals surface area (Å²) >= 11 is 0. The van der Waals surface area contributed by atoms with Crippen LogP contribution >= 0.6 is 0 Å². The van der Waals surface area contributed by atoms with Gasteiger partial charge in [-0.15, -0.1) is 0 Å². The number of halogens is 1. The molecular formula is C17H20FN. The second-order valence-corrected chi connectivity index (χ2v) is 4.70. The Morgan fingerprint density at radius 1 is 0.842 bits per heavy atom. The van der Waals surface area contributed by atoms with Crippen LogP contribution in [0.1, 0.15) is 30.5 Å². The second kappa shape index (κ2) is 5.98. The van der Waals surface area contributed by atoms with Gasteiger partial charge in [-0.1, -0.05) is 38.1 Å². The van der Waals surface area contributed by atoms with Gasteiger partial charge in [0, 0.05) is 12.1 Å². The molecule has 1 nitrogen and oxygen atoms in total. The average Bonchev–Trinajstić information content (AvgIpc) is 2.47. The van der Waals surface area contributed by atoms with E-state index in [-0.39, 0.29) is 12.4 Å². The highest BCUT2D eigenvalue weighted by atomic mass is 19.1. The van der Waals surface area contributed by atoms with Gasteiger partial charge in [0.15, 0.2) is 0 Å². The Balaban J connectivity index is 2.47. The van der Waals surface area contributed by atoms with E-state index in [1.165, 1.54) is 17.2 Å². The van der Waals surface area contributed by atoms with Crippen LogP contribution in [0.15, 0.2) is 36.4 Å². The van der Waals surface area contributed by atoms with Crippen molar-refractivity contribution in [3.63, 3.8) is 0 Å². The topological polar surface area (TPSA) is 26.0 Å². The van der Waals surface area contributed by atoms with E-state index in [4.69, 9.17) is 5.73 Å². The summed E-state index contributed by atoms with van der Waals surface area (Å²) in [6, 6.07) is 11.6. The van der Waals surface area contributed by atoms with Crippen molar-refractivity contribution >= 4 is 0 Å². The molecule has 0 saturated heterocycles. The molecule has 0 saturated carbocycles. The monoisotopic (exact) mass is 257 g/mol. The SMILES string of the molecule is CCc1ccc(-c2ccc(F)c(CN)c2)cc1CC. The number of aryl methyl sites for hydroxylation is 2. The lowest BCUT2D eigenvalue weighted by Crippen LogP contribution is -2.00. The Hall–Kier alpha value is -1.67. The molecule has 2 rings (SSSR count). The summed E-state index contributed by atoms with van der Waals surface area (Å²) in [5, 5.41) is 0. The van der Waals surface area contributed by atoms with Crippen LogP contribution in [0.3, 0.4) is 0 Å². The molecule has 0 radical (unpaired) electrons. The number of nitrogens with two attached hydrogens (primary N) is 1. The van der Waals surface area contributed by atoms with Crippen molar-refractivity contribution in [2.45, 2.75) is 33.2 Å². The predicted octanol–water partition coefficient (Wildman–Crippen LogP) is 4.08. The molecule has 0 spiro atoms. The highest BCUT2D eigenvalue weighted by Crippen LogP contribution is 2.25. The van der Waals surface area contributed by atoms with E-state index in [0.29, 0.717) is 5.56 Å². The Bertz CT molecular complexity index is 575. The van der Waals surface area contributed by atoms with Crippen molar-refractivity contribution in [3.05, 3.63) is 58.9 Å². The van der Waals surface area contributed by atoms with Gasteiger partial charge in [0.25, 0.3) is 0 Å². The van der Waals surface area contributed by atoms with Gasteiger partial charge in [-0.05, 0) is 47.2 Å². The van der Waals surface area contributed by atoms with Crippen molar-refractivity contribution in [3.8, 4) is 11.1 Å². The first-order valence-electron chi connectivity index (χ1n) is 6.80. The lowest BCUT2D eigenvalue weighted by Gasteiger charge is -2.10. The van der Waals surface area contributed by atoms with Gasteiger partial charge in [-0.25, -0.2) is 4.39 Å². The van der Waals surface area contributed by atoms with Gasteiger partial charge in [0.1, 0.15) is 5.82 Å². The molecule has 0 aromatic heterocycles. The highest BCUT2D eigenvalue weighted by molar-refractivity contribution is 5.65. The molecule has 2 aromatic carbocycles. The number of rotatable bonds is 4. The molecule has 0 aliphatic heterocycles. The van der Waals surface area contributed by atoms with E-state index in [1.54, 1.807) is 0 Å². The molecule has 0 bridgehead atoms. The van der Waals surface area contributed by atoms with Crippen molar-refractivity contribution in [2.75, 3.05) is 0 Å². The van der Waals surface area contributed by atoms with E-state index in [9.17, 15) is 4.39 Å². The van der Waals surface area contributed by atoms with Gasteiger partial charge in [-0.3, -0.25) is 0 Å². The molecule has 2 N–H and O–H groups in total. The minimum absolute atomic E-state index is 0.229. The molecule has 100 valence electrons. The van der Waals surface area contributed by atoms with E-state index in [2.05, 4.69) is 32.0 Å². The molecule has 0 amide bonds. The molecule has 0 aliphatic rings. The molecule has 0 fully saturated rings. The average molecular weight is 257 g/mol. The lowest BCUT2D eigenvalue weighted by atomic mass is 9.95. The first-order chi connectivity index (χ1) is 9.19. The third kappa shape index (κ3) is 2.85. The Morgan fingerprint density at radius 2 is 1.42 bits per heavy atom. The summed E-state index contributed by atoms with van der Waals surface area (Å²) in [6.07, 6.45) is 2.06. The molecule has 19 heavy (non-hydrogen) atoms. The zero-order chi connectivity index (χ0) is 13.8. The minimum Gasteiger partial charge on any atom is -0.326 e. The number of hydrogen-bond acceptors (Lipinski definition) is 1. The van der Waals surface area contributed by atoms with Crippen LogP contribution in [-0.2, 0) is 19.4 Å². The predicted molar refractivity (Wildman–Crippen MR) is 78.5 cm³/mol. The van der Waals surface area contributed by atoms with Crippen molar-refractivity contribution < 1.29 is 4.39 Å². The second-order valence-electron chi connectivity index (χ2n) is 4.70. The normalized spacial score (nSPS) is 10.7.